The van der Waals surface area contributed by atoms with E-state index in [4.69, 9.17) is 10.5 Å². The van der Waals surface area contributed by atoms with Crippen molar-refractivity contribution in [1.82, 2.24) is 0 Å². The fourth-order valence-corrected chi connectivity index (χ4v) is 2.25. The maximum Gasteiger partial charge on any atom is 0.142 e. The molecule has 1 atom stereocenters. The Morgan fingerprint density at radius 2 is 2.12 bits per heavy atom. The monoisotopic (exact) mass is 234 g/mol. The van der Waals surface area contributed by atoms with Crippen molar-refractivity contribution in [3.05, 3.63) is 24.3 Å². The molecule has 3 nitrogen and oxygen atoms in total. The minimum Gasteiger partial charge on any atom is -0.495 e. The number of methoxy groups -OCH3 is 1. The van der Waals surface area contributed by atoms with Gasteiger partial charge in [0.1, 0.15) is 5.75 Å². The first kappa shape index (κ1) is 12.2. The lowest BCUT2D eigenvalue weighted by molar-refractivity contribution is 0.414. The standard InChI is InChI=1S/C14H22N2O/c1-16(10-12(15)9-11-7-8-11)13-5-3-4-6-14(13)17-2/h3-6,11-12H,7-10,15H2,1-2H3/t12-/m0/s1. The van der Waals surface area contributed by atoms with Crippen molar-refractivity contribution in [2.45, 2.75) is 25.3 Å². The highest BCUT2D eigenvalue weighted by molar-refractivity contribution is 5.57. The molecule has 0 radical (unpaired) electrons. The van der Waals surface area contributed by atoms with Crippen LogP contribution in [-0.4, -0.2) is 26.7 Å². The van der Waals surface area contributed by atoms with E-state index in [1.165, 1.54) is 12.8 Å². The fourth-order valence-electron chi connectivity index (χ4n) is 2.25. The molecule has 0 unspecified atom stereocenters. The van der Waals surface area contributed by atoms with Crippen molar-refractivity contribution in [2.75, 3.05) is 25.6 Å². The first-order valence-corrected chi connectivity index (χ1v) is 6.30. The van der Waals surface area contributed by atoms with Crippen LogP contribution in [0.15, 0.2) is 24.3 Å². The molecule has 0 aliphatic heterocycles. The molecular weight excluding hydrogens is 212 g/mol. The van der Waals surface area contributed by atoms with Gasteiger partial charge in [-0.15, -0.1) is 0 Å². The number of rotatable bonds is 6. The van der Waals surface area contributed by atoms with E-state index in [0.717, 1.165) is 30.3 Å². The second-order valence-electron chi connectivity index (χ2n) is 4.99. The van der Waals surface area contributed by atoms with E-state index < -0.39 is 0 Å². The lowest BCUT2D eigenvalue weighted by Gasteiger charge is -2.25. The van der Waals surface area contributed by atoms with E-state index in [1.807, 2.05) is 18.2 Å². The molecule has 0 aromatic heterocycles. The number of benzene rings is 1. The third kappa shape index (κ3) is 3.37. The van der Waals surface area contributed by atoms with Gasteiger partial charge in [0.15, 0.2) is 0 Å². The molecule has 0 amide bonds. The van der Waals surface area contributed by atoms with Crippen LogP contribution in [0.2, 0.25) is 0 Å². The molecule has 0 bridgehead atoms. The maximum atomic E-state index is 6.16. The Labute approximate surface area is 104 Å². The first-order valence-electron chi connectivity index (χ1n) is 6.30. The van der Waals surface area contributed by atoms with E-state index in [1.54, 1.807) is 7.11 Å². The largest absolute Gasteiger partial charge is 0.495 e. The van der Waals surface area contributed by atoms with Gasteiger partial charge in [0.25, 0.3) is 0 Å². The van der Waals surface area contributed by atoms with Gasteiger partial charge < -0.3 is 15.4 Å². The summed E-state index contributed by atoms with van der Waals surface area (Å²) in [5.74, 6) is 1.80. The third-order valence-corrected chi connectivity index (χ3v) is 3.34. The van der Waals surface area contributed by atoms with Crippen LogP contribution in [-0.2, 0) is 0 Å². The predicted octanol–water partition coefficient (Wildman–Crippen LogP) is 2.26. The zero-order valence-electron chi connectivity index (χ0n) is 10.7. The van der Waals surface area contributed by atoms with Crippen LogP contribution in [0.25, 0.3) is 0 Å². The molecule has 3 heteroatoms. The molecule has 0 spiro atoms. The van der Waals surface area contributed by atoms with Crippen molar-refractivity contribution >= 4 is 5.69 Å². The lowest BCUT2D eigenvalue weighted by atomic mass is 10.1. The molecule has 1 saturated carbocycles. The number of likely N-dealkylation sites (N-methyl/N-ethyl adjacent to an activating group) is 1. The van der Waals surface area contributed by atoms with Crippen LogP contribution in [0, 0.1) is 5.92 Å². The summed E-state index contributed by atoms with van der Waals surface area (Å²) in [6.07, 6.45) is 3.89. The molecular formula is C14H22N2O. The minimum absolute atomic E-state index is 0.261. The second-order valence-corrected chi connectivity index (χ2v) is 4.99. The van der Waals surface area contributed by atoms with Gasteiger partial charge in [-0.1, -0.05) is 25.0 Å². The molecule has 2 rings (SSSR count). The molecule has 0 heterocycles. The normalized spacial score (nSPS) is 16.6. The van der Waals surface area contributed by atoms with Gasteiger partial charge in [0.05, 0.1) is 12.8 Å². The van der Waals surface area contributed by atoms with Crippen LogP contribution < -0.4 is 15.4 Å². The van der Waals surface area contributed by atoms with Gasteiger partial charge in [0, 0.05) is 19.6 Å². The van der Waals surface area contributed by atoms with Crippen LogP contribution in [0.1, 0.15) is 19.3 Å². The Bertz CT molecular complexity index is 363. The maximum absolute atomic E-state index is 6.16. The van der Waals surface area contributed by atoms with Gasteiger partial charge in [-0.2, -0.15) is 0 Å². The summed E-state index contributed by atoms with van der Waals surface area (Å²) >= 11 is 0. The summed E-state index contributed by atoms with van der Waals surface area (Å²) in [4.78, 5) is 2.19. The van der Waals surface area contributed by atoms with Crippen molar-refractivity contribution in [3.8, 4) is 5.75 Å². The average Bonchev–Trinajstić information content (AvgIpc) is 3.12. The molecule has 1 aromatic carbocycles. The Hall–Kier alpha value is -1.22. The van der Waals surface area contributed by atoms with E-state index in [2.05, 4.69) is 18.0 Å². The molecule has 1 aromatic rings. The van der Waals surface area contributed by atoms with E-state index in [-0.39, 0.29) is 6.04 Å². The number of hydrogen-bond acceptors (Lipinski definition) is 3. The van der Waals surface area contributed by atoms with Gasteiger partial charge in [0.2, 0.25) is 0 Å². The highest BCUT2D eigenvalue weighted by Gasteiger charge is 2.24. The van der Waals surface area contributed by atoms with Crippen LogP contribution in [0.3, 0.4) is 0 Å². The SMILES string of the molecule is COc1ccccc1N(C)C[C@@H](N)CC1CC1. The fraction of sp³-hybridized carbons (Fsp3) is 0.571. The average molecular weight is 234 g/mol. The molecule has 2 N–H and O–H groups in total. The Morgan fingerprint density at radius 1 is 1.41 bits per heavy atom. The van der Waals surface area contributed by atoms with Crippen LogP contribution in [0.5, 0.6) is 5.75 Å². The lowest BCUT2D eigenvalue weighted by Crippen LogP contribution is -2.35. The van der Waals surface area contributed by atoms with E-state index >= 15 is 0 Å². The highest BCUT2D eigenvalue weighted by atomic mass is 16.5. The summed E-state index contributed by atoms with van der Waals surface area (Å²) in [5, 5.41) is 0. The summed E-state index contributed by atoms with van der Waals surface area (Å²) in [6.45, 7) is 0.886. The van der Waals surface area contributed by atoms with Crippen LogP contribution in [0.4, 0.5) is 5.69 Å². The van der Waals surface area contributed by atoms with Gasteiger partial charge in [-0.25, -0.2) is 0 Å². The molecule has 17 heavy (non-hydrogen) atoms. The van der Waals surface area contributed by atoms with Crippen LogP contribution >= 0.6 is 0 Å². The Kier molecular flexibility index (Phi) is 3.89. The minimum atomic E-state index is 0.261. The predicted molar refractivity (Wildman–Crippen MR) is 71.6 cm³/mol. The summed E-state index contributed by atoms with van der Waals surface area (Å²) in [7, 11) is 3.78. The topological polar surface area (TPSA) is 38.5 Å². The van der Waals surface area contributed by atoms with E-state index in [0.29, 0.717) is 0 Å². The van der Waals surface area contributed by atoms with E-state index in [9.17, 15) is 0 Å². The number of anilines is 1. The molecule has 1 aliphatic carbocycles. The number of nitrogens with two attached hydrogens (primary N) is 1. The van der Waals surface area contributed by atoms with Crippen molar-refractivity contribution in [3.63, 3.8) is 0 Å². The summed E-state index contributed by atoms with van der Waals surface area (Å²) < 4.78 is 5.36. The summed E-state index contributed by atoms with van der Waals surface area (Å²) in [6, 6.07) is 8.33. The number of hydrogen-bond donors (Lipinski definition) is 1. The van der Waals surface area contributed by atoms with Gasteiger partial charge >= 0.3 is 0 Å². The van der Waals surface area contributed by atoms with Gasteiger partial charge in [-0.3, -0.25) is 0 Å². The van der Waals surface area contributed by atoms with Crippen molar-refractivity contribution in [1.29, 1.82) is 0 Å². The quantitative estimate of drug-likeness (QED) is 0.820. The van der Waals surface area contributed by atoms with Gasteiger partial charge in [-0.05, 0) is 24.5 Å². The molecule has 1 aliphatic rings. The highest BCUT2D eigenvalue weighted by Crippen LogP contribution is 2.33. The summed E-state index contributed by atoms with van der Waals surface area (Å²) in [5.41, 5.74) is 7.27. The zero-order chi connectivity index (χ0) is 12.3. The second kappa shape index (κ2) is 5.41. The smallest absolute Gasteiger partial charge is 0.142 e. The third-order valence-electron chi connectivity index (χ3n) is 3.34. The van der Waals surface area contributed by atoms with Crippen molar-refractivity contribution in [2.24, 2.45) is 11.7 Å². The molecule has 94 valence electrons. The number of nitrogens with zero attached hydrogens (tertiary/aromatic N) is 1. The molecule has 0 saturated heterocycles. The Balaban J connectivity index is 1.95. The Morgan fingerprint density at radius 3 is 2.76 bits per heavy atom. The molecule has 1 fully saturated rings. The zero-order valence-corrected chi connectivity index (χ0v) is 10.7. The number of para-hydroxylation sites is 2. The van der Waals surface area contributed by atoms with Crippen molar-refractivity contribution < 1.29 is 4.74 Å². The first-order chi connectivity index (χ1) is 8.20. The number of ether oxygens (including phenoxy) is 1.